The second-order valence-corrected chi connectivity index (χ2v) is 3.80. The van der Waals surface area contributed by atoms with Gasteiger partial charge in [0.05, 0.1) is 0 Å². The maximum absolute atomic E-state index is 3.67. The maximum atomic E-state index is 3.67. The van der Waals surface area contributed by atoms with E-state index in [0.29, 0.717) is 6.04 Å². The minimum absolute atomic E-state index is 0.688. The Labute approximate surface area is 76.2 Å². The lowest BCUT2D eigenvalue weighted by Gasteiger charge is -2.20. The molecule has 0 aromatic heterocycles. The first-order valence-electron chi connectivity index (χ1n) is 5.24. The quantitative estimate of drug-likeness (QED) is 0.637. The van der Waals surface area contributed by atoms with Gasteiger partial charge in [0.2, 0.25) is 0 Å². The predicted molar refractivity (Wildman–Crippen MR) is 54.3 cm³/mol. The Morgan fingerprint density at radius 1 is 1.33 bits per heavy atom. The van der Waals surface area contributed by atoms with Crippen LogP contribution in [0.2, 0.25) is 0 Å². The van der Waals surface area contributed by atoms with Gasteiger partial charge >= 0.3 is 0 Å². The van der Waals surface area contributed by atoms with Gasteiger partial charge in [-0.15, -0.1) is 0 Å². The van der Waals surface area contributed by atoms with Crippen LogP contribution in [-0.4, -0.2) is 12.1 Å². The first-order valence-corrected chi connectivity index (χ1v) is 5.24. The molecule has 1 nitrogen and oxygen atoms in total. The SMILES string of the molecule is CCC(C)NC1CCC=CCC1. The van der Waals surface area contributed by atoms with Crippen molar-refractivity contribution < 1.29 is 0 Å². The van der Waals surface area contributed by atoms with E-state index in [9.17, 15) is 0 Å². The summed E-state index contributed by atoms with van der Waals surface area (Å²) in [5.41, 5.74) is 0. The van der Waals surface area contributed by atoms with Crippen LogP contribution in [0.1, 0.15) is 46.0 Å². The summed E-state index contributed by atoms with van der Waals surface area (Å²) in [5.74, 6) is 0. The lowest BCUT2D eigenvalue weighted by atomic mass is 10.1. The van der Waals surface area contributed by atoms with Gasteiger partial charge in [-0.3, -0.25) is 0 Å². The molecule has 0 saturated carbocycles. The fourth-order valence-electron chi connectivity index (χ4n) is 1.66. The summed E-state index contributed by atoms with van der Waals surface area (Å²) in [4.78, 5) is 0. The molecule has 0 heterocycles. The van der Waals surface area contributed by atoms with E-state index in [1.165, 1.54) is 32.1 Å². The van der Waals surface area contributed by atoms with E-state index in [2.05, 4.69) is 31.3 Å². The van der Waals surface area contributed by atoms with Gasteiger partial charge < -0.3 is 5.32 Å². The van der Waals surface area contributed by atoms with Gasteiger partial charge in [-0.1, -0.05) is 19.1 Å². The van der Waals surface area contributed by atoms with E-state index in [0.717, 1.165) is 6.04 Å². The highest BCUT2D eigenvalue weighted by molar-refractivity contribution is 4.89. The molecular weight excluding hydrogens is 146 g/mol. The summed E-state index contributed by atoms with van der Waals surface area (Å²) in [6, 6.07) is 1.45. The first kappa shape index (κ1) is 9.79. The standard InChI is InChI=1S/C11H21N/c1-3-10(2)12-11-8-6-4-5-7-9-11/h4-5,10-12H,3,6-9H2,1-2H3. The predicted octanol–water partition coefficient (Wildman–Crippen LogP) is 2.87. The Morgan fingerprint density at radius 3 is 2.42 bits per heavy atom. The van der Waals surface area contributed by atoms with Crippen molar-refractivity contribution in [3.05, 3.63) is 12.2 Å². The van der Waals surface area contributed by atoms with Gasteiger partial charge in [-0.25, -0.2) is 0 Å². The van der Waals surface area contributed by atoms with E-state index in [1.54, 1.807) is 0 Å². The molecule has 1 atom stereocenters. The first-order chi connectivity index (χ1) is 5.83. The van der Waals surface area contributed by atoms with E-state index in [1.807, 2.05) is 0 Å². The Bertz CT molecular complexity index is 130. The minimum Gasteiger partial charge on any atom is -0.311 e. The third kappa shape index (κ3) is 3.40. The van der Waals surface area contributed by atoms with Gasteiger partial charge in [-0.05, 0) is 39.0 Å². The van der Waals surface area contributed by atoms with Gasteiger partial charge in [0.15, 0.2) is 0 Å². The van der Waals surface area contributed by atoms with Crippen molar-refractivity contribution in [1.82, 2.24) is 5.32 Å². The lowest BCUT2D eigenvalue weighted by Crippen LogP contribution is -2.35. The van der Waals surface area contributed by atoms with Crippen LogP contribution >= 0.6 is 0 Å². The van der Waals surface area contributed by atoms with Crippen LogP contribution in [0, 0.1) is 0 Å². The molecule has 12 heavy (non-hydrogen) atoms. The largest absolute Gasteiger partial charge is 0.311 e. The molecule has 0 aromatic carbocycles. The molecule has 0 bridgehead atoms. The molecule has 0 radical (unpaired) electrons. The Hall–Kier alpha value is -0.300. The molecule has 1 rings (SSSR count). The van der Waals surface area contributed by atoms with E-state index < -0.39 is 0 Å². The minimum atomic E-state index is 0.688. The normalized spacial score (nSPS) is 22.2. The van der Waals surface area contributed by atoms with Gasteiger partial charge in [0.1, 0.15) is 0 Å². The third-order valence-electron chi connectivity index (χ3n) is 2.66. The number of nitrogens with one attached hydrogen (secondary N) is 1. The monoisotopic (exact) mass is 167 g/mol. The smallest absolute Gasteiger partial charge is 0.00754 e. The average molecular weight is 167 g/mol. The highest BCUT2D eigenvalue weighted by Gasteiger charge is 2.10. The highest BCUT2D eigenvalue weighted by Crippen LogP contribution is 2.12. The summed E-state index contributed by atoms with van der Waals surface area (Å²) in [6.45, 7) is 4.52. The maximum Gasteiger partial charge on any atom is 0.00754 e. The van der Waals surface area contributed by atoms with Crippen LogP contribution in [-0.2, 0) is 0 Å². The van der Waals surface area contributed by atoms with E-state index >= 15 is 0 Å². The topological polar surface area (TPSA) is 12.0 Å². The van der Waals surface area contributed by atoms with Crippen molar-refractivity contribution in [2.24, 2.45) is 0 Å². The molecule has 0 amide bonds. The molecule has 70 valence electrons. The fourth-order valence-corrected chi connectivity index (χ4v) is 1.66. The molecule has 1 unspecified atom stereocenters. The van der Waals surface area contributed by atoms with E-state index in [4.69, 9.17) is 0 Å². The van der Waals surface area contributed by atoms with Gasteiger partial charge in [0, 0.05) is 12.1 Å². The molecule has 1 N–H and O–H groups in total. The van der Waals surface area contributed by atoms with E-state index in [-0.39, 0.29) is 0 Å². The van der Waals surface area contributed by atoms with Gasteiger partial charge in [-0.2, -0.15) is 0 Å². The molecule has 0 aliphatic heterocycles. The number of hydrogen-bond donors (Lipinski definition) is 1. The average Bonchev–Trinajstić information content (AvgIpc) is 2.33. The molecule has 0 saturated heterocycles. The van der Waals surface area contributed by atoms with Crippen LogP contribution in [0.25, 0.3) is 0 Å². The summed E-state index contributed by atoms with van der Waals surface area (Å²) in [7, 11) is 0. The van der Waals surface area contributed by atoms with Crippen molar-refractivity contribution in [2.45, 2.75) is 58.0 Å². The van der Waals surface area contributed by atoms with Crippen LogP contribution in [0.5, 0.6) is 0 Å². The molecule has 0 spiro atoms. The second-order valence-electron chi connectivity index (χ2n) is 3.80. The van der Waals surface area contributed by atoms with Crippen molar-refractivity contribution >= 4 is 0 Å². The lowest BCUT2D eigenvalue weighted by molar-refractivity contribution is 0.405. The fraction of sp³-hybridized carbons (Fsp3) is 0.818. The zero-order chi connectivity index (χ0) is 8.81. The zero-order valence-corrected chi connectivity index (χ0v) is 8.34. The molecule has 0 fully saturated rings. The van der Waals surface area contributed by atoms with Crippen LogP contribution in [0.15, 0.2) is 12.2 Å². The third-order valence-corrected chi connectivity index (χ3v) is 2.66. The van der Waals surface area contributed by atoms with Crippen LogP contribution < -0.4 is 5.32 Å². The summed E-state index contributed by atoms with van der Waals surface area (Å²) in [6.07, 6.45) is 11.0. The molecule has 1 heteroatoms. The molecule has 0 aromatic rings. The summed E-state index contributed by atoms with van der Waals surface area (Å²) >= 11 is 0. The van der Waals surface area contributed by atoms with Crippen LogP contribution in [0.4, 0.5) is 0 Å². The van der Waals surface area contributed by atoms with Crippen LogP contribution in [0.3, 0.4) is 0 Å². The van der Waals surface area contributed by atoms with Crippen molar-refractivity contribution in [3.8, 4) is 0 Å². The van der Waals surface area contributed by atoms with Gasteiger partial charge in [0.25, 0.3) is 0 Å². The van der Waals surface area contributed by atoms with Crippen molar-refractivity contribution in [1.29, 1.82) is 0 Å². The number of rotatable bonds is 3. The second kappa shape index (κ2) is 5.36. The Balaban J connectivity index is 2.22. The van der Waals surface area contributed by atoms with Crippen molar-refractivity contribution in [2.75, 3.05) is 0 Å². The number of allylic oxidation sites excluding steroid dienone is 2. The molecular formula is C11H21N. The zero-order valence-electron chi connectivity index (χ0n) is 8.34. The molecule has 1 aliphatic rings. The number of hydrogen-bond acceptors (Lipinski definition) is 1. The Morgan fingerprint density at radius 2 is 1.92 bits per heavy atom. The molecule has 1 aliphatic carbocycles. The Kier molecular flexibility index (Phi) is 4.37. The summed E-state index contributed by atoms with van der Waals surface area (Å²) in [5, 5.41) is 3.67. The van der Waals surface area contributed by atoms with Crippen molar-refractivity contribution in [3.63, 3.8) is 0 Å². The summed E-state index contributed by atoms with van der Waals surface area (Å²) < 4.78 is 0. The highest BCUT2D eigenvalue weighted by atomic mass is 14.9.